The average molecular weight is 194 g/mol. The van der Waals surface area contributed by atoms with Crippen molar-refractivity contribution in [2.75, 3.05) is 0 Å². The predicted octanol–water partition coefficient (Wildman–Crippen LogP) is 2.54. The van der Waals surface area contributed by atoms with Gasteiger partial charge in [-0.25, -0.2) is 0 Å². The molecule has 1 heterocycles. The van der Waals surface area contributed by atoms with Gasteiger partial charge < -0.3 is 4.57 Å². The van der Waals surface area contributed by atoms with Crippen LogP contribution >= 0.6 is 0 Å². The van der Waals surface area contributed by atoms with E-state index < -0.39 is 0 Å². The molecule has 1 aromatic heterocycles. The van der Waals surface area contributed by atoms with Gasteiger partial charge in [-0.2, -0.15) is 0 Å². The maximum atomic E-state index is 10.4. The van der Waals surface area contributed by atoms with Crippen LogP contribution in [-0.4, -0.2) is 9.49 Å². The van der Waals surface area contributed by atoms with Crippen molar-refractivity contribution in [1.29, 1.82) is 0 Å². The Kier molecular flexibility index (Phi) is 3.45. The number of allylic oxidation sites excluding steroid dienone is 1. The number of hydrogen-bond acceptors (Lipinski definition) is 2. The number of nitro groups is 1. The molecule has 4 nitrogen and oxygen atoms in total. The zero-order valence-electron chi connectivity index (χ0n) is 8.43. The summed E-state index contributed by atoms with van der Waals surface area (Å²) in [5, 5.41) is 10.4. The van der Waals surface area contributed by atoms with Crippen molar-refractivity contribution in [3.8, 4) is 0 Å². The van der Waals surface area contributed by atoms with E-state index >= 15 is 0 Å². The summed E-state index contributed by atoms with van der Waals surface area (Å²) in [7, 11) is 0. The molecule has 14 heavy (non-hydrogen) atoms. The maximum absolute atomic E-state index is 10.4. The molecular formula is C10H14N2O2. The van der Waals surface area contributed by atoms with Gasteiger partial charge in [-0.05, 0) is 18.6 Å². The summed E-state index contributed by atoms with van der Waals surface area (Å²) in [4.78, 5) is 10.1. The van der Waals surface area contributed by atoms with Gasteiger partial charge in [-0.15, -0.1) is 0 Å². The molecular weight excluding hydrogens is 180 g/mol. The molecule has 0 radical (unpaired) electrons. The van der Waals surface area contributed by atoms with Gasteiger partial charge in [0.15, 0.2) is 0 Å². The largest absolute Gasteiger partial charge is 0.348 e. The third kappa shape index (κ3) is 2.45. The first-order chi connectivity index (χ1) is 6.65. The van der Waals surface area contributed by atoms with E-state index in [1.54, 1.807) is 6.08 Å². The van der Waals surface area contributed by atoms with E-state index in [1.807, 2.05) is 22.9 Å². The molecule has 1 rings (SSSR count). The Bertz CT molecular complexity index is 353. The van der Waals surface area contributed by atoms with Crippen LogP contribution in [0.25, 0.3) is 6.08 Å². The number of rotatable bonds is 4. The third-order valence-electron chi connectivity index (χ3n) is 1.97. The van der Waals surface area contributed by atoms with Crippen molar-refractivity contribution in [3.63, 3.8) is 0 Å². The van der Waals surface area contributed by atoms with Crippen molar-refractivity contribution in [1.82, 2.24) is 4.57 Å². The van der Waals surface area contributed by atoms with Gasteiger partial charge in [0.2, 0.25) is 5.70 Å². The molecule has 0 aliphatic heterocycles. The van der Waals surface area contributed by atoms with E-state index in [1.165, 1.54) is 6.92 Å². The molecule has 76 valence electrons. The van der Waals surface area contributed by atoms with Gasteiger partial charge in [-0.1, -0.05) is 6.92 Å². The molecule has 0 saturated heterocycles. The second kappa shape index (κ2) is 4.60. The average Bonchev–Trinajstić information content (AvgIpc) is 2.53. The highest BCUT2D eigenvalue weighted by molar-refractivity contribution is 5.47. The van der Waals surface area contributed by atoms with Crippen LogP contribution in [0.15, 0.2) is 24.0 Å². The van der Waals surface area contributed by atoms with Crippen LogP contribution in [0.1, 0.15) is 26.0 Å². The Balaban J connectivity index is 2.90. The first-order valence-electron chi connectivity index (χ1n) is 4.63. The maximum Gasteiger partial charge on any atom is 0.245 e. The lowest BCUT2D eigenvalue weighted by Gasteiger charge is -2.02. The normalized spacial score (nSPS) is 11.7. The van der Waals surface area contributed by atoms with Crippen LogP contribution in [0.2, 0.25) is 0 Å². The highest BCUT2D eigenvalue weighted by Gasteiger charge is 2.04. The van der Waals surface area contributed by atoms with Crippen LogP contribution in [0, 0.1) is 10.1 Å². The molecule has 4 heteroatoms. The van der Waals surface area contributed by atoms with Crippen molar-refractivity contribution in [2.45, 2.75) is 26.8 Å². The predicted molar refractivity (Wildman–Crippen MR) is 55.4 cm³/mol. The molecule has 0 aliphatic rings. The number of hydrogen-bond donors (Lipinski definition) is 0. The van der Waals surface area contributed by atoms with Gasteiger partial charge in [0.25, 0.3) is 0 Å². The molecule has 0 unspecified atom stereocenters. The van der Waals surface area contributed by atoms with Gasteiger partial charge >= 0.3 is 0 Å². The van der Waals surface area contributed by atoms with E-state index in [4.69, 9.17) is 0 Å². The van der Waals surface area contributed by atoms with Crippen LogP contribution in [-0.2, 0) is 6.54 Å². The van der Waals surface area contributed by atoms with E-state index in [9.17, 15) is 10.1 Å². The minimum atomic E-state index is -0.372. The third-order valence-corrected chi connectivity index (χ3v) is 1.97. The standard InChI is InChI=1S/C10H14N2O2/c1-3-6-11-7-4-5-10(11)8-9(2)12(13)14/h4-5,7-8H,3,6H2,1-2H3. The first kappa shape index (κ1) is 10.5. The summed E-state index contributed by atoms with van der Waals surface area (Å²) in [5.74, 6) is 0. The van der Waals surface area contributed by atoms with Crippen molar-refractivity contribution < 1.29 is 4.92 Å². The summed E-state index contributed by atoms with van der Waals surface area (Å²) in [5.41, 5.74) is 1.06. The molecule has 0 aliphatic carbocycles. The van der Waals surface area contributed by atoms with E-state index in [2.05, 4.69) is 6.92 Å². The van der Waals surface area contributed by atoms with Crippen LogP contribution < -0.4 is 0 Å². The Labute approximate surface area is 83.0 Å². The summed E-state index contributed by atoms with van der Waals surface area (Å²) < 4.78 is 2.01. The number of aryl methyl sites for hydroxylation is 1. The second-order valence-electron chi connectivity index (χ2n) is 3.17. The molecule has 1 aromatic rings. The summed E-state index contributed by atoms with van der Waals surface area (Å²) in [6, 6.07) is 3.78. The minimum absolute atomic E-state index is 0.168. The minimum Gasteiger partial charge on any atom is -0.348 e. The Morgan fingerprint density at radius 1 is 1.71 bits per heavy atom. The lowest BCUT2D eigenvalue weighted by molar-refractivity contribution is -0.422. The SMILES string of the molecule is CCCn1cccc1C=C(C)[N+](=O)[O-]. The Hall–Kier alpha value is -1.58. The quantitative estimate of drug-likeness (QED) is 0.546. The van der Waals surface area contributed by atoms with Crippen molar-refractivity contribution >= 4 is 6.08 Å². The van der Waals surface area contributed by atoms with Gasteiger partial charge in [-0.3, -0.25) is 10.1 Å². The molecule has 0 bridgehead atoms. The van der Waals surface area contributed by atoms with Gasteiger partial charge in [0.05, 0.1) is 4.92 Å². The van der Waals surface area contributed by atoms with E-state index in [0.717, 1.165) is 18.7 Å². The fraction of sp³-hybridized carbons (Fsp3) is 0.400. The molecule has 0 fully saturated rings. The lowest BCUT2D eigenvalue weighted by atomic mass is 10.3. The summed E-state index contributed by atoms with van der Waals surface area (Å²) >= 11 is 0. The zero-order valence-corrected chi connectivity index (χ0v) is 8.43. The molecule has 0 N–H and O–H groups in total. The molecule has 0 aromatic carbocycles. The van der Waals surface area contributed by atoms with Gasteiger partial charge in [0.1, 0.15) is 0 Å². The van der Waals surface area contributed by atoms with Crippen LogP contribution in [0.5, 0.6) is 0 Å². The summed E-state index contributed by atoms with van der Waals surface area (Å²) in [6.07, 6.45) is 4.55. The topological polar surface area (TPSA) is 48.1 Å². The Morgan fingerprint density at radius 3 is 3.00 bits per heavy atom. The second-order valence-corrected chi connectivity index (χ2v) is 3.17. The summed E-state index contributed by atoms with van der Waals surface area (Å²) in [6.45, 7) is 4.47. The molecule has 0 amide bonds. The number of aromatic nitrogens is 1. The fourth-order valence-corrected chi connectivity index (χ4v) is 1.27. The highest BCUT2D eigenvalue weighted by atomic mass is 16.6. The van der Waals surface area contributed by atoms with E-state index in [0.29, 0.717) is 0 Å². The van der Waals surface area contributed by atoms with Crippen molar-refractivity contribution in [3.05, 3.63) is 39.8 Å². The van der Waals surface area contributed by atoms with E-state index in [-0.39, 0.29) is 10.6 Å². The fourth-order valence-electron chi connectivity index (χ4n) is 1.27. The zero-order chi connectivity index (χ0) is 10.6. The highest BCUT2D eigenvalue weighted by Crippen LogP contribution is 2.09. The lowest BCUT2D eigenvalue weighted by Crippen LogP contribution is -1.99. The van der Waals surface area contributed by atoms with Gasteiger partial charge in [0, 0.05) is 31.4 Å². The Morgan fingerprint density at radius 2 is 2.43 bits per heavy atom. The molecule has 0 saturated carbocycles. The first-order valence-corrected chi connectivity index (χ1v) is 4.63. The van der Waals surface area contributed by atoms with Crippen molar-refractivity contribution in [2.24, 2.45) is 0 Å². The van der Waals surface area contributed by atoms with Crippen LogP contribution in [0.4, 0.5) is 0 Å². The molecule has 0 atom stereocenters. The molecule has 0 spiro atoms. The monoisotopic (exact) mass is 194 g/mol. The van der Waals surface area contributed by atoms with Crippen LogP contribution in [0.3, 0.4) is 0 Å². The smallest absolute Gasteiger partial charge is 0.245 e. The number of nitrogens with zero attached hydrogens (tertiary/aromatic N) is 2.